The summed E-state index contributed by atoms with van der Waals surface area (Å²) in [5, 5.41) is 7.89. The van der Waals surface area contributed by atoms with E-state index in [9.17, 15) is 0 Å². The molecule has 1 aliphatic carbocycles. The third kappa shape index (κ3) is 2.74. The fourth-order valence-corrected chi connectivity index (χ4v) is 2.77. The minimum Gasteiger partial charge on any atom is -0.366 e. The maximum Gasteiger partial charge on any atom is 0.148 e. The molecule has 84 valence electrons. The molecule has 2 atom stereocenters. The Bertz CT molecular complexity index is 308. The van der Waals surface area contributed by atoms with Crippen LogP contribution in [0.15, 0.2) is 12.3 Å². The van der Waals surface area contributed by atoms with Crippen LogP contribution in [0.5, 0.6) is 0 Å². The zero-order chi connectivity index (χ0) is 10.8. The van der Waals surface area contributed by atoms with E-state index in [1.54, 1.807) is 0 Å². The molecular weight excluding hydrogens is 186 g/mol. The highest BCUT2D eigenvalue weighted by molar-refractivity contribution is 5.33. The maximum atomic E-state index is 4.36. The standard InChI is InChI=1S/C12H21N3/c1-9-6-10(2)8-11(7-9)13-12-4-5-15(3)14-12/h4-5,9-11H,6-8H2,1-3H3,(H,13,14)/t9-,10-/m0/s1. The maximum absolute atomic E-state index is 4.36. The van der Waals surface area contributed by atoms with Crippen LogP contribution in [-0.2, 0) is 7.05 Å². The molecule has 0 saturated heterocycles. The molecule has 0 amide bonds. The molecular formula is C12H21N3. The fourth-order valence-electron chi connectivity index (χ4n) is 2.77. The number of aryl methyl sites for hydroxylation is 1. The normalized spacial score (nSPS) is 31.5. The zero-order valence-corrected chi connectivity index (χ0v) is 9.90. The number of nitrogens with one attached hydrogen (secondary N) is 1. The van der Waals surface area contributed by atoms with E-state index in [1.165, 1.54) is 19.3 Å². The lowest BCUT2D eigenvalue weighted by molar-refractivity contribution is 0.280. The van der Waals surface area contributed by atoms with E-state index >= 15 is 0 Å². The molecule has 1 aromatic rings. The molecule has 3 heteroatoms. The molecule has 0 unspecified atom stereocenters. The van der Waals surface area contributed by atoms with Crippen LogP contribution in [0.3, 0.4) is 0 Å². The van der Waals surface area contributed by atoms with Crippen LogP contribution in [-0.4, -0.2) is 15.8 Å². The van der Waals surface area contributed by atoms with E-state index in [2.05, 4.69) is 24.3 Å². The van der Waals surface area contributed by atoms with E-state index in [0.29, 0.717) is 6.04 Å². The van der Waals surface area contributed by atoms with Crippen LogP contribution in [0.4, 0.5) is 5.82 Å². The Kier molecular flexibility index (Phi) is 2.98. The Balaban J connectivity index is 1.94. The van der Waals surface area contributed by atoms with Crippen molar-refractivity contribution in [1.82, 2.24) is 9.78 Å². The predicted octanol–water partition coefficient (Wildman–Crippen LogP) is 2.66. The lowest BCUT2D eigenvalue weighted by Crippen LogP contribution is -2.30. The Morgan fingerprint density at radius 1 is 1.27 bits per heavy atom. The van der Waals surface area contributed by atoms with Gasteiger partial charge in [0.2, 0.25) is 0 Å². The second-order valence-corrected chi connectivity index (χ2v) is 5.13. The number of hydrogen-bond donors (Lipinski definition) is 1. The Labute approximate surface area is 91.9 Å². The van der Waals surface area contributed by atoms with Gasteiger partial charge in [0.25, 0.3) is 0 Å². The van der Waals surface area contributed by atoms with E-state index in [0.717, 1.165) is 17.7 Å². The Morgan fingerprint density at radius 3 is 2.47 bits per heavy atom. The van der Waals surface area contributed by atoms with E-state index in [4.69, 9.17) is 0 Å². The van der Waals surface area contributed by atoms with Gasteiger partial charge < -0.3 is 5.32 Å². The molecule has 0 aromatic carbocycles. The summed E-state index contributed by atoms with van der Waals surface area (Å²) < 4.78 is 1.85. The number of hydrogen-bond acceptors (Lipinski definition) is 2. The van der Waals surface area contributed by atoms with Crippen LogP contribution >= 0.6 is 0 Å². The number of anilines is 1. The first kappa shape index (κ1) is 10.5. The lowest BCUT2D eigenvalue weighted by atomic mass is 9.80. The highest BCUT2D eigenvalue weighted by Crippen LogP contribution is 2.29. The van der Waals surface area contributed by atoms with Crippen molar-refractivity contribution in [3.05, 3.63) is 12.3 Å². The van der Waals surface area contributed by atoms with Crippen molar-refractivity contribution in [3.63, 3.8) is 0 Å². The average Bonchev–Trinajstić information content (AvgIpc) is 2.49. The van der Waals surface area contributed by atoms with Crippen molar-refractivity contribution < 1.29 is 0 Å². The van der Waals surface area contributed by atoms with Gasteiger partial charge >= 0.3 is 0 Å². The Hall–Kier alpha value is -0.990. The zero-order valence-electron chi connectivity index (χ0n) is 9.90. The summed E-state index contributed by atoms with van der Waals surface area (Å²) in [4.78, 5) is 0. The summed E-state index contributed by atoms with van der Waals surface area (Å²) in [6, 6.07) is 2.66. The van der Waals surface area contributed by atoms with Crippen molar-refractivity contribution >= 4 is 5.82 Å². The van der Waals surface area contributed by atoms with Crippen LogP contribution in [0.1, 0.15) is 33.1 Å². The first-order valence-corrected chi connectivity index (χ1v) is 5.89. The first-order chi connectivity index (χ1) is 7.13. The minimum atomic E-state index is 0.610. The topological polar surface area (TPSA) is 29.9 Å². The third-order valence-corrected chi connectivity index (χ3v) is 3.24. The van der Waals surface area contributed by atoms with Gasteiger partial charge in [-0.15, -0.1) is 0 Å². The average molecular weight is 207 g/mol. The molecule has 1 aliphatic rings. The highest BCUT2D eigenvalue weighted by Gasteiger charge is 2.23. The van der Waals surface area contributed by atoms with Gasteiger partial charge in [0.1, 0.15) is 5.82 Å². The van der Waals surface area contributed by atoms with Crippen molar-refractivity contribution in [2.45, 2.75) is 39.2 Å². The fraction of sp³-hybridized carbons (Fsp3) is 0.750. The summed E-state index contributed by atoms with van der Waals surface area (Å²) in [5.74, 6) is 2.70. The number of rotatable bonds is 2. The smallest absolute Gasteiger partial charge is 0.148 e. The van der Waals surface area contributed by atoms with Gasteiger partial charge in [-0.2, -0.15) is 5.10 Å². The second-order valence-electron chi connectivity index (χ2n) is 5.13. The SMILES string of the molecule is C[C@@H]1CC(Nc2ccn(C)n2)C[C@@H](C)C1. The molecule has 1 aromatic heterocycles. The van der Waals surface area contributed by atoms with Crippen molar-refractivity contribution in [3.8, 4) is 0 Å². The molecule has 0 radical (unpaired) electrons. The summed E-state index contributed by atoms with van der Waals surface area (Å²) in [6.07, 6.45) is 5.92. The molecule has 1 fully saturated rings. The number of aromatic nitrogens is 2. The first-order valence-electron chi connectivity index (χ1n) is 5.89. The summed E-state index contributed by atoms with van der Waals surface area (Å²) in [5.41, 5.74) is 0. The van der Waals surface area contributed by atoms with E-state index in [-0.39, 0.29) is 0 Å². The molecule has 0 aliphatic heterocycles. The molecule has 0 spiro atoms. The summed E-state index contributed by atoms with van der Waals surface area (Å²) in [7, 11) is 1.96. The van der Waals surface area contributed by atoms with Crippen LogP contribution in [0.2, 0.25) is 0 Å². The van der Waals surface area contributed by atoms with Crippen molar-refractivity contribution in [2.24, 2.45) is 18.9 Å². The van der Waals surface area contributed by atoms with Gasteiger partial charge in [-0.25, -0.2) is 0 Å². The quantitative estimate of drug-likeness (QED) is 0.808. The molecule has 1 heterocycles. The van der Waals surface area contributed by atoms with Crippen LogP contribution in [0, 0.1) is 11.8 Å². The minimum absolute atomic E-state index is 0.610. The van der Waals surface area contributed by atoms with E-state index in [1.807, 2.05) is 24.0 Å². The van der Waals surface area contributed by atoms with Gasteiger partial charge in [-0.05, 0) is 31.1 Å². The predicted molar refractivity (Wildman–Crippen MR) is 62.8 cm³/mol. The molecule has 3 nitrogen and oxygen atoms in total. The van der Waals surface area contributed by atoms with Gasteiger partial charge in [0.05, 0.1) is 0 Å². The number of nitrogens with zero attached hydrogens (tertiary/aromatic N) is 2. The van der Waals surface area contributed by atoms with E-state index < -0.39 is 0 Å². The summed E-state index contributed by atoms with van der Waals surface area (Å²) in [6.45, 7) is 4.70. The van der Waals surface area contributed by atoms with Crippen LogP contribution < -0.4 is 5.32 Å². The second kappa shape index (κ2) is 4.25. The van der Waals surface area contributed by atoms with Crippen molar-refractivity contribution in [1.29, 1.82) is 0 Å². The van der Waals surface area contributed by atoms with Gasteiger partial charge in [-0.1, -0.05) is 13.8 Å². The largest absolute Gasteiger partial charge is 0.366 e. The molecule has 15 heavy (non-hydrogen) atoms. The molecule has 2 rings (SSSR count). The van der Waals surface area contributed by atoms with Gasteiger partial charge in [-0.3, -0.25) is 4.68 Å². The molecule has 1 N–H and O–H groups in total. The summed E-state index contributed by atoms with van der Waals surface area (Å²) >= 11 is 0. The van der Waals surface area contributed by atoms with Crippen LogP contribution in [0.25, 0.3) is 0 Å². The highest BCUT2D eigenvalue weighted by atomic mass is 15.3. The van der Waals surface area contributed by atoms with Gasteiger partial charge in [0, 0.05) is 25.4 Å². The third-order valence-electron chi connectivity index (χ3n) is 3.24. The Morgan fingerprint density at radius 2 is 1.93 bits per heavy atom. The molecule has 0 bridgehead atoms. The lowest BCUT2D eigenvalue weighted by Gasteiger charge is -2.31. The van der Waals surface area contributed by atoms with Crippen molar-refractivity contribution in [2.75, 3.05) is 5.32 Å². The molecule has 1 saturated carbocycles. The monoisotopic (exact) mass is 207 g/mol. The van der Waals surface area contributed by atoms with Gasteiger partial charge in [0.15, 0.2) is 0 Å².